The van der Waals surface area contributed by atoms with Gasteiger partial charge in [0.15, 0.2) is 6.10 Å². The van der Waals surface area contributed by atoms with Crippen molar-refractivity contribution < 1.29 is 28.6 Å². The lowest BCUT2D eigenvalue weighted by Gasteiger charge is -2.18. The number of carbonyl (C=O) groups excluding carboxylic acids is 3. The Balaban J connectivity index is 4.47. The Labute approximate surface area is 401 Å². The molecule has 6 heteroatoms. The molecule has 0 fully saturated rings. The predicted octanol–water partition coefficient (Wildman–Crippen LogP) is 18.0. The molecule has 0 aromatic rings. The smallest absolute Gasteiger partial charge is 0.306 e. The van der Waals surface area contributed by atoms with E-state index in [2.05, 4.69) is 93.7 Å². The molecular weight excluding hydrogens is 805 g/mol. The van der Waals surface area contributed by atoms with Crippen LogP contribution in [0.15, 0.2) is 85.1 Å². The highest BCUT2D eigenvalue weighted by molar-refractivity contribution is 5.71. The second-order valence-corrected chi connectivity index (χ2v) is 17.8. The largest absolute Gasteiger partial charge is 0.462 e. The molecule has 0 N–H and O–H groups in total. The molecule has 0 aliphatic heterocycles. The summed E-state index contributed by atoms with van der Waals surface area (Å²) in [5, 5.41) is 0. The van der Waals surface area contributed by atoms with Crippen molar-refractivity contribution in [2.45, 2.75) is 258 Å². The minimum Gasteiger partial charge on any atom is -0.462 e. The predicted molar refractivity (Wildman–Crippen MR) is 279 cm³/mol. The highest BCUT2D eigenvalue weighted by atomic mass is 16.6. The van der Waals surface area contributed by atoms with E-state index < -0.39 is 12.1 Å². The number of rotatable bonds is 48. The second-order valence-electron chi connectivity index (χ2n) is 17.8. The fraction of sp³-hybridized carbons (Fsp3) is 0.712. The minimum absolute atomic E-state index is 0.108. The third-order valence-electron chi connectivity index (χ3n) is 11.4. The Kier molecular flexibility index (Phi) is 50.4. The van der Waals surface area contributed by atoms with Crippen LogP contribution in [0.5, 0.6) is 0 Å². The van der Waals surface area contributed by atoms with Crippen molar-refractivity contribution in [1.82, 2.24) is 0 Å². The Morgan fingerprint density at radius 1 is 0.323 bits per heavy atom. The summed E-state index contributed by atoms with van der Waals surface area (Å²) in [5.74, 6) is -1.000. The zero-order chi connectivity index (χ0) is 47.2. The van der Waals surface area contributed by atoms with E-state index in [0.29, 0.717) is 19.3 Å². The second kappa shape index (κ2) is 53.2. The SMILES string of the molecule is CC/C=C\C/C=C\C/C=C\C/C=C\C/C=C\C/C=C\CCC(=O)O[C@H](COC(=O)CCCCCCC/C=C\CCCC)COC(=O)CCCCCCCCCCCCCCCCCCC. The van der Waals surface area contributed by atoms with Crippen LogP contribution >= 0.6 is 0 Å². The van der Waals surface area contributed by atoms with Gasteiger partial charge in [0.1, 0.15) is 13.2 Å². The summed E-state index contributed by atoms with van der Waals surface area (Å²) in [4.78, 5) is 38.0. The molecule has 0 aromatic carbocycles. The van der Waals surface area contributed by atoms with E-state index in [-0.39, 0.29) is 31.6 Å². The van der Waals surface area contributed by atoms with Gasteiger partial charge in [0.25, 0.3) is 0 Å². The van der Waals surface area contributed by atoms with Crippen molar-refractivity contribution in [1.29, 1.82) is 0 Å². The van der Waals surface area contributed by atoms with Crippen molar-refractivity contribution in [3.05, 3.63) is 85.1 Å². The normalized spacial score (nSPS) is 12.7. The third kappa shape index (κ3) is 51.4. The first kappa shape index (κ1) is 61.6. The van der Waals surface area contributed by atoms with Gasteiger partial charge in [-0.05, 0) is 77.0 Å². The van der Waals surface area contributed by atoms with E-state index in [1.807, 2.05) is 12.2 Å². The summed E-state index contributed by atoms with van der Waals surface area (Å²) in [7, 11) is 0. The lowest BCUT2D eigenvalue weighted by atomic mass is 10.0. The molecule has 0 spiro atoms. The van der Waals surface area contributed by atoms with Gasteiger partial charge in [-0.15, -0.1) is 0 Å². The summed E-state index contributed by atoms with van der Waals surface area (Å²) in [5.41, 5.74) is 0. The Bertz CT molecular complexity index is 1270. The molecule has 0 saturated carbocycles. The highest BCUT2D eigenvalue weighted by Gasteiger charge is 2.19. The van der Waals surface area contributed by atoms with Gasteiger partial charge in [0.05, 0.1) is 0 Å². The monoisotopic (exact) mass is 905 g/mol. The van der Waals surface area contributed by atoms with Crippen LogP contribution in [0.1, 0.15) is 252 Å². The third-order valence-corrected chi connectivity index (χ3v) is 11.4. The number of ether oxygens (including phenoxy) is 3. The summed E-state index contributed by atoms with van der Waals surface area (Å²) in [6, 6.07) is 0. The molecule has 65 heavy (non-hydrogen) atoms. The quantitative estimate of drug-likeness (QED) is 0.0262. The molecule has 0 bridgehead atoms. The number of allylic oxidation sites excluding steroid dienone is 14. The first-order valence-corrected chi connectivity index (χ1v) is 27.1. The average Bonchev–Trinajstić information content (AvgIpc) is 3.30. The van der Waals surface area contributed by atoms with Crippen LogP contribution in [-0.4, -0.2) is 37.2 Å². The Hall–Kier alpha value is -3.41. The van der Waals surface area contributed by atoms with Crippen LogP contribution in [-0.2, 0) is 28.6 Å². The van der Waals surface area contributed by atoms with Gasteiger partial charge in [-0.3, -0.25) is 14.4 Å². The summed E-state index contributed by atoms with van der Waals surface area (Å²) in [6.45, 7) is 6.43. The molecule has 0 aromatic heterocycles. The van der Waals surface area contributed by atoms with Crippen LogP contribution in [0.2, 0.25) is 0 Å². The van der Waals surface area contributed by atoms with Crippen LogP contribution in [0.4, 0.5) is 0 Å². The molecule has 0 aliphatic carbocycles. The summed E-state index contributed by atoms with van der Waals surface area (Å²) >= 11 is 0. The van der Waals surface area contributed by atoms with Crippen molar-refractivity contribution >= 4 is 17.9 Å². The van der Waals surface area contributed by atoms with Crippen molar-refractivity contribution in [3.63, 3.8) is 0 Å². The summed E-state index contributed by atoms with van der Waals surface area (Å²) in [6.07, 6.45) is 68.7. The molecule has 0 unspecified atom stereocenters. The Morgan fingerprint density at radius 3 is 1.05 bits per heavy atom. The molecule has 0 rings (SSSR count). The van der Waals surface area contributed by atoms with E-state index in [0.717, 1.165) is 89.9 Å². The molecule has 0 heterocycles. The maximum absolute atomic E-state index is 12.8. The molecule has 0 amide bonds. The van der Waals surface area contributed by atoms with Gasteiger partial charge in [-0.25, -0.2) is 0 Å². The number of esters is 3. The van der Waals surface area contributed by atoms with Gasteiger partial charge in [-0.2, -0.15) is 0 Å². The van der Waals surface area contributed by atoms with E-state index in [1.165, 1.54) is 116 Å². The van der Waals surface area contributed by atoms with Crippen molar-refractivity contribution in [2.24, 2.45) is 0 Å². The first-order chi connectivity index (χ1) is 32.0. The maximum Gasteiger partial charge on any atom is 0.306 e. The van der Waals surface area contributed by atoms with Gasteiger partial charge in [0.2, 0.25) is 0 Å². The van der Waals surface area contributed by atoms with E-state index in [9.17, 15) is 14.4 Å². The average molecular weight is 905 g/mol. The molecule has 0 aliphatic rings. The molecule has 6 nitrogen and oxygen atoms in total. The Morgan fingerprint density at radius 2 is 0.646 bits per heavy atom. The molecule has 0 radical (unpaired) electrons. The van der Waals surface area contributed by atoms with Crippen LogP contribution in [0.3, 0.4) is 0 Å². The fourth-order valence-electron chi connectivity index (χ4n) is 7.33. The standard InChI is InChI=1S/C59H100O6/c1-4-7-10-13-16-19-22-24-26-28-29-31-33-35-38-41-44-47-50-53-59(62)65-56(54-63-57(60)51-48-45-42-39-36-21-18-15-12-9-6-3)55-64-58(61)52-49-46-43-40-37-34-32-30-27-25-23-20-17-14-11-8-5-2/h7,10,15-16,18-19,24,26,29,31,35,38,44,47,56H,4-6,8-9,11-14,17,20-23,25,27-28,30,32-34,36-37,39-43,45-46,48-55H2,1-3H3/b10-7-,18-15-,19-16-,26-24-,31-29-,38-35-,47-44-/t56-/m1/s1. The molecular formula is C59H100O6. The lowest BCUT2D eigenvalue weighted by molar-refractivity contribution is -0.166. The number of hydrogen-bond donors (Lipinski definition) is 0. The molecule has 372 valence electrons. The highest BCUT2D eigenvalue weighted by Crippen LogP contribution is 2.15. The lowest BCUT2D eigenvalue weighted by Crippen LogP contribution is -2.30. The number of hydrogen-bond acceptors (Lipinski definition) is 6. The summed E-state index contributed by atoms with van der Waals surface area (Å²) < 4.78 is 16.7. The van der Waals surface area contributed by atoms with Gasteiger partial charge in [-0.1, -0.05) is 241 Å². The molecule has 0 saturated heterocycles. The van der Waals surface area contributed by atoms with Crippen LogP contribution in [0, 0.1) is 0 Å². The van der Waals surface area contributed by atoms with Crippen LogP contribution in [0.25, 0.3) is 0 Å². The van der Waals surface area contributed by atoms with Crippen LogP contribution < -0.4 is 0 Å². The van der Waals surface area contributed by atoms with Gasteiger partial charge >= 0.3 is 17.9 Å². The molecule has 1 atom stereocenters. The zero-order valence-corrected chi connectivity index (χ0v) is 42.5. The van der Waals surface area contributed by atoms with E-state index in [1.54, 1.807) is 0 Å². The fourth-order valence-corrected chi connectivity index (χ4v) is 7.33. The van der Waals surface area contributed by atoms with E-state index >= 15 is 0 Å². The van der Waals surface area contributed by atoms with Gasteiger partial charge < -0.3 is 14.2 Å². The van der Waals surface area contributed by atoms with E-state index in [4.69, 9.17) is 14.2 Å². The number of unbranched alkanes of at least 4 members (excludes halogenated alkanes) is 23. The van der Waals surface area contributed by atoms with Gasteiger partial charge in [0, 0.05) is 19.3 Å². The van der Waals surface area contributed by atoms with Crippen molar-refractivity contribution in [2.75, 3.05) is 13.2 Å². The maximum atomic E-state index is 12.8. The topological polar surface area (TPSA) is 78.9 Å². The minimum atomic E-state index is -0.818. The number of carbonyl (C=O) groups is 3. The first-order valence-electron chi connectivity index (χ1n) is 27.1. The van der Waals surface area contributed by atoms with Crippen molar-refractivity contribution in [3.8, 4) is 0 Å². The zero-order valence-electron chi connectivity index (χ0n) is 42.5.